The van der Waals surface area contributed by atoms with Gasteiger partial charge in [-0.3, -0.25) is 0 Å². The maximum absolute atomic E-state index is 12.6. The topological polar surface area (TPSA) is 13.1 Å². The van der Waals surface area contributed by atoms with E-state index >= 15 is 0 Å². The van der Waals surface area contributed by atoms with Crippen LogP contribution in [0.25, 0.3) is 22.3 Å². The molecule has 1 aromatic carbocycles. The van der Waals surface area contributed by atoms with E-state index in [-0.39, 0.29) is 0 Å². The maximum Gasteiger partial charge on any atom is 0.416 e. The molecule has 0 saturated carbocycles. The lowest BCUT2D eigenvalue weighted by Gasteiger charge is -2.04. The molecular formula is C13H7F3OS. The molecule has 0 N–H and O–H groups in total. The Morgan fingerprint density at radius 2 is 1.89 bits per heavy atom. The van der Waals surface area contributed by atoms with Gasteiger partial charge in [0.15, 0.2) is 0 Å². The fourth-order valence-corrected chi connectivity index (χ4v) is 2.41. The fraction of sp³-hybridized carbons (Fsp3) is 0.0769. The lowest BCUT2D eigenvalue weighted by Crippen LogP contribution is -2.03. The van der Waals surface area contributed by atoms with Crippen LogP contribution < -0.4 is 0 Å². The van der Waals surface area contributed by atoms with E-state index in [1.807, 2.05) is 16.8 Å². The summed E-state index contributed by atoms with van der Waals surface area (Å²) in [7, 11) is 0. The second-order valence-corrected chi connectivity index (χ2v) is 4.65. The van der Waals surface area contributed by atoms with Gasteiger partial charge >= 0.3 is 6.18 Å². The monoisotopic (exact) mass is 268 g/mol. The Morgan fingerprint density at radius 1 is 1.06 bits per heavy atom. The van der Waals surface area contributed by atoms with Gasteiger partial charge in [-0.2, -0.15) is 24.5 Å². The van der Waals surface area contributed by atoms with E-state index in [9.17, 15) is 13.2 Å². The first kappa shape index (κ1) is 11.3. The van der Waals surface area contributed by atoms with Crippen molar-refractivity contribution < 1.29 is 17.6 Å². The number of benzene rings is 1. The molecule has 2 aromatic heterocycles. The first-order valence-corrected chi connectivity index (χ1v) is 6.12. The van der Waals surface area contributed by atoms with Crippen LogP contribution in [0.2, 0.25) is 0 Å². The van der Waals surface area contributed by atoms with Crippen LogP contribution >= 0.6 is 11.3 Å². The van der Waals surface area contributed by atoms with Crippen LogP contribution in [0.3, 0.4) is 0 Å². The van der Waals surface area contributed by atoms with Crippen LogP contribution in [-0.4, -0.2) is 0 Å². The summed E-state index contributed by atoms with van der Waals surface area (Å²) in [4.78, 5) is 0. The van der Waals surface area contributed by atoms with Gasteiger partial charge in [-0.05, 0) is 35.7 Å². The van der Waals surface area contributed by atoms with Crippen molar-refractivity contribution in [3.8, 4) is 11.3 Å². The van der Waals surface area contributed by atoms with Crippen molar-refractivity contribution in [3.63, 3.8) is 0 Å². The van der Waals surface area contributed by atoms with Crippen molar-refractivity contribution in [2.24, 2.45) is 0 Å². The van der Waals surface area contributed by atoms with Crippen LogP contribution in [-0.2, 0) is 6.18 Å². The summed E-state index contributed by atoms with van der Waals surface area (Å²) in [6.07, 6.45) is -4.33. The number of thiophene rings is 1. The molecule has 0 fully saturated rings. The summed E-state index contributed by atoms with van der Waals surface area (Å²) < 4.78 is 43.2. The molecule has 0 aliphatic rings. The molecule has 2 heterocycles. The molecule has 5 heteroatoms. The van der Waals surface area contributed by atoms with E-state index in [2.05, 4.69) is 0 Å². The van der Waals surface area contributed by atoms with Crippen molar-refractivity contribution >= 4 is 22.3 Å². The number of hydrogen-bond donors (Lipinski definition) is 0. The van der Waals surface area contributed by atoms with Gasteiger partial charge in [-0.1, -0.05) is 0 Å². The molecule has 0 amide bonds. The zero-order valence-electron chi connectivity index (χ0n) is 8.99. The summed E-state index contributed by atoms with van der Waals surface area (Å²) in [5.41, 5.74) is 0.682. The Kier molecular flexibility index (Phi) is 2.45. The highest BCUT2D eigenvalue weighted by Crippen LogP contribution is 2.34. The molecule has 0 saturated heterocycles. The molecule has 0 radical (unpaired) electrons. The second-order valence-electron chi connectivity index (χ2n) is 3.87. The number of furan rings is 1. The van der Waals surface area contributed by atoms with Crippen LogP contribution in [0, 0.1) is 0 Å². The van der Waals surface area contributed by atoms with E-state index in [4.69, 9.17) is 4.42 Å². The summed E-state index contributed by atoms with van der Waals surface area (Å²) >= 11 is 1.51. The Morgan fingerprint density at radius 3 is 2.56 bits per heavy atom. The lowest BCUT2D eigenvalue weighted by molar-refractivity contribution is -0.137. The summed E-state index contributed by atoms with van der Waals surface area (Å²) in [5, 5.41) is 4.25. The third-order valence-corrected chi connectivity index (χ3v) is 3.33. The SMILES string of the molecule is FC(F)(F)c1ccc2oc(-c3ccsc3)cc2c1. The summed E-state index contributed by atoms with van der Waals surface area (Å²) in [6, 6.07) is 6.99. The number of fused-ring (bicyclic) bond motifs is 1. The molecular weight excluding hydrogens is 261 g/mol. The quantitative estimate of drug-likeness (QED) is 0.592. The molecule has 3 rings (SSSR count). The largest absolute Gasteiger partial charge is 0.456 e. The van der Waals surface area contributed by atoms with Crippen molar-refractivity contribution in [3.05, 3.63) is 46.7 Å². The molecule has 18 heavy (non-hydrogen) atoms. The van der Waals surface area contributed by atoms with Crippen molar-refractivity contribution in [2.45, 2.75) is 6.18 Å². The highest BCUT2D eigenvalue weighted by atomic mass is 32.1. The molecule has 0 atom stereocenters. The van der Waals surface area contributed by atoms with E-state index in [1.165, 1.54) is 17.4 Å². The van der Waals surface area contributed by atoms with Crippen LogP contribution in [0.1, 0.15) is 5.56 Å². The fourth-order valence-electron chi connectivity index (χ4n) is 1.77. The van der Waals surface area contributed by atoms with Crippen LogP contribution in [0.5, 0.6) is 0 Å². The van der Waals surface area contributed by atoms with Gasteiger partial charge in [0.05, 0.1) is 5.56 Å². The van der Waals surface area contributed by atoms with E-state index < -0.39 is 11.7 Å². The molecule has 3 aromatic rings. The molecule has 0 unspecified atom stereocenters. The van der Waals surface area contributed by atoms with Gasteiger partial charge in [0.1, 0.15) is 11.3 Å². The minimum atomic E-state index is -4.33. The second kappa shape index (κ2) is 3.88. The predicted octanol–water partition coefficient (Wildman–Crippen LogP) is 5.18. The maximum atomic E-state index is 12.6. The van der Waals surface area contributed by atoms with E-state index in [0.29, 0.717) is 16.7 Å². The molecule has 0 aliphatic carbocycles. The summed E-state index contributed by atoms with van der Waals surface area (Å²) in [5.74, 6) is 0.588. The zero-order chi connectivity index (χ0) is 12.8. The number of hydrogen-bond acceptors (Lipinski definition) is 2. The average Bonchev–Trinajstić information content (AvgIpc) is 2.95. The minimum Gasteiger partial charge on any atom is -0.456 e. The number of rotatable bonds is 1. The van der Waals surface area contributed by atoms with Gasteiger partial charge in [0.25, 0.3) is 0 Å². The third kappa shape index (κ3) is 1.90. The number of halogens is 3. The van der Waals surface area contributed by atoms with E-state index in [1.54, 1.807) is 6.07 Å². The van der Waals surface area contributed by atoms with Crippen molar-refractivity contribution in [1.82, 2.24) is 0 Å². The first-order valence-electron chi connectivity index (χ1n) is 5.17. The minimum absolute atomic E-state index is 0.462. The van der Waals surface area contributed by atoms with Gasteiger partial charge < -0.3 is 4.42 Å². The van der Waals surface area contributed by atoms with Crippen LogP contribution in [0.15, 0.2) is 45.5 Å². The van der Waals surface area contributed by atoms with Crippen molar-refractivity contribution in [1.29, 1.82) is 0 Å². The van der Waals surface area contributed by atoms with E-state index in [0.717, 1.165) is 17.7 Å². The zero-order valence-corrected chi connectivity index (χ0v) is 9.81. The van der Waals surface area contributed by atoms with Gasteiger partial charge in [-0.15, -0.1) is 0 Å². The van der Waals surface area contributed by atoms with Crippen molar-refractivity contribution in [2.75, 3.05) is 0 Å². The molecule has 0 spiro atoms. The average molecular weight is 268 g/mol. The highest BCUT2D eigenvalue weighted by molar-refractivity contribution is 7.08. The predicted molar refractivity (Wildman–Crippen MR) is 64.5 cm³/mol. The van der Waals surface area contributed by atoms with Crippen LogP contribution in [0.4, 0.5) is 13.2 Å². The third-order valence-electron chi connectivity index (χ3n) is 2.65. The smallest absolute Gasteiger partial charge is 0.416 e. The standard InChI is InChI=1S/C13H7F3OS/c14-13(15,16)10-1-2-11-9(5-10)6-12(17-11)8-3-4-18-7-8/h1-7H. The van der Waals surface area contributed by atoms with Gasteiger partial charge in [0.2, 0.25) is 0 Å². The molecule has 92 valence electrons. The molecule has 1 nitrogen and oxygen atoms in total. The molecule has 0 bridgehead atoms. The Labute approximate surface area is 104 Å². The summed E-state index contributed by atoms with van der Waals surface area (Å²) in [6.45, 7) is 0. The first-order chi connectivity index (χ1) is 8.54. The van der Waals surface area contributed by atoms with Gasteiger partial charge in [0, 0.05) is 16.3 Å². The lowest BCUT2D eigenvalue weighted by atomic mass is 10.1. The Hall–Kier alpha value is -1.75. The normalized spacial score (nSPS) is 12.2. The Bertz CT molecular complexity index is 680. The highest BCUT2D eigenvalue weighted by Gasteiger charge is 2.30. The molecule has 0 aliphatic heterocycles. The van der Waals surface area contributed by atoms with Gasteiger partial charge in [-0.25, -0.2) is 0 Å². The Balaban J connectivity index is 2.13. The number of alkyl halides is 3.